The Hall–Kier alpha value is -0.450. The summed E-state index contributed by atoms with van der Waals surface area (Å²) in [6.45, 7) is -0.0401. The molecule has 1 unspecified atom stereocenters. The Morgan fingerprint density at radius 1 is 1.69 bits per heavy atom. The molecule has 1 aliphatic heterocycles. The minimum Gasteiger partial charge on any atom is -0.392 e. The molecule has 2 rings (SSSR count). The third-order valence-corrected chi connectivity index (χ3v) is 4.39. The summed E-state index contributed by atoms with van der Waals surface area (Å²) >= 11 is 7.89. The highest BCUT2D eigenvalue weighted by atomic mass is 35.5. The van der Waals surface area contributed by atoms with Crippen LogP contribution in [-0.2, 0) is 6.61 Å². The molecule has 1 aromatic heterocycles. The molecular formula is C11H15ClN2OS. The van der Waals surface area contributed by atoms with Crippen molar-refractivity contribution in [3.05, 3.63) is 22.8 Å². The van der Waals surface area contributed by atoms with Crippen molar-refractivity contribution in [1.82, 2.24) is 4.98 Å². The van der Waals surface area contributed by atoms with Gasteiger partial charge in [0.25, 0.3) is 0 Å². The average molecular weight is 259 g/mol. The van der Waals surface area contributed by atoms with Gasteiger partial charge in [0.2, 0.25) is 0 Å². The van der Waals surface area contributed by atoms with Gasteiger partial charge in [-0.25, -0.2) is 4.98 Å². The molecule has 2 heterocycles. The van der Waals surface area contributed by atoms with Gasteiger partial charge < -0.3 is 10.0 Å². The molecular weight excluding hydrogens is 244 g/mol. The zero-order valence-electron chi connectivity index (χ0n) is 9.19. The van der Waals surface area contributed by atoms with Gasteiger partial charge in [-0.1, -0.05) is 11.6 Å². The minimum atomic E-state index is -0.0401. The molecule has 1 N–H and O–H groups in total. The van der Waals surface area contributed by atoms with Gasteiger partial charge in [0.1, 0.15) is 5.82 Å². The standard InChI is InChI=1S/C11H15ClN2OS/c1-14(9-2-3-16-7-9)11-4-8(6-15)10(12)5-13-11/h4-5,9,15H,2-3,6-7H2,1H3. The van der Waals surface area contributed by atoms with Crippen LogP contribution in [0.15, 0.2) is 12.3 Å². The highest BCUT2D eigenvalue weighted by molar-refractivity contribution is 7.99. The number of aliphatic hydroxyl groups excluding tert-OH is 1. The van der Waals surface area contributed by atoms with Gasteiger partial charge in [-0.05, 0) is 18.2 Å². The number of aromatic nitrogens is 1. The highest BCUT2D eigenvalue weighted by Gasteiger charge is 2.21. The zero-order valence-corrected chi connectivity index (χ0v) is 10.8. The molecule has 0 aliphatic carbocycles. The summed E-state index contributed by atoms with van der Waals surface area (Å²) in [5, 5.41) is 9.68. The number of rotatable bonds is 3. The molecule has 0 saturated carbocycles. The van der Waals surface area contributed by atoms with Gasteiger partial charge in [-0.15, -0.1) is 0 Å². The number of hydrogen-bond acceptors (Lipinski definition) is 4. The van der Waals surface area contributed by atoms with Crippen molar-refractivity contribution in [2.24, 2.45) is 0 Å². The molecule has 0 bridgehead atoms. The fourth-order valence-corrected chi connectivity index (χ4v) is 3.23. The van der Waals surface area contributed by atoms with Gasteiger partial charge in [-0.3, -0.25) is 0 Å². The Morgan fingerprint density at radius 3 is 3.12 bits per heavy atom. The summed E-state index contributed by atoms with van der Waals surface area (Å²) in [6, 6.07) is 2.41. The van der Waals surface area contributed by atoms with Crippen LogP contribution in [0.4, 0.5) is 5.82 Å². The van der Waals surface area contributed by atoms with Crippen LogP contribution in [0.25, 0.3) is 0 Å². The first-order valence-corrected chi connectivity index (χ1v) is 6.81. The molecule has 0 radical (unpaired) electrons. The van der Waals surface area contributed by atoms with Gasteiger partial charge in [0, 0.05) is 30.6 Å². The lowest BCUT2D eigenvalue weighted by atomic mass is 10.2. The van der Waals surface area contributed by atoms with E-state index in [-0.39, 0.29) is 6.61 Å². The molecule has 0 amide bonds. The molecule has 0 aromatic carbocycles. The van der Waals surface area contributed by atoms with E-state index in [9.17, 15) is 0 Å². The Balaban J connectivity index is 2.19. The number of nitrogens with zero attached hydrogens (tertiary/aromatic N) is 2. The Bertz CT molecular complexity index is 369. The lowest BCUT2D eigenvalue weighted by Gasteiger charge is -2.25. The second-order valence-corrected chi connectivity index (χ2v) is 5.48. The van der Waals surface area contributed by atoms with Crippen LogP contribution >= 0.6 is 23.4 Å². The second kappa shape index (κ2) is 5.25. The average Bonchev–Trinajstić information content (AvgIpc) is 2.82. The van der Waals surface area contributed by atoms with E-state index in [1.54, 1.807) is 6.20 Å². The number of anilines is 1. The number of thioether (sulfide) groups is 1. The van der Waals surface area contributed by atoms with E-state index in [0.717, 1.165) is 17.1 Å². The molecule has 3 nitrogen and oxygen atoms in total. The molecule has 1 saturated heterocycles. The number of pyridine rings is 1. The van der Waals surface area contributed by atoms with Gasteiger partial charge in [0.15, 0.2) is 0 Å². The predicted molar refractivity (Wildman–Crippen MR) is 69.3 cm³/mol. The largest absolute Gasteiger partial charge is 0.392 e. The number of aliphatic hydroxyl groups is 1. The summed E-state index contributed by atoms with van der Waals surface area (Å²) < 4.78 is 0. The maximum atomic E-state index is 9.16. The molecule has 88 valence electrons. The minimum absolute atomic E-state index is 0.0401. The van der Waals surface area contributed by atoms with Crippen molar-refractivity contribution in [3.8, 4) is 0 Å². The van der Waals surface area contributed by atoms with Crippen molar-refractivity contribution in [2.75, 3.05) is 23.5 Å². The molecule has 1 fully saturated rings. The van der Waals surface area contributed by atoms with E-state index in [1.165, 1.54) is 12.2 Å². The molecule has 5 heteroatoms. The predicted octanol–water partition coefficient (Wildman–Crippen LogP) is 2.17. The van der Waals surface area contributed by atoms with Crippen LogP contribution in [0.3, 0.4) is 0 Å². The number of hydrogen-bond donors (Lipinski definition) is 1. The quantitative estimate of drug-likeness (QED) is 0.902. The van der Waals surface area contributed by atoms with E-state index in [0.29, 0.717) is 11.1 Å². The van der Waals surface area contributed by atoms with Crippen LogP contribution < -0.4 is 4.90 Å². The smallest absolute Gasteiger partial charge is 0.128 e. The summed E-state index contributed by atoms with van der Waals surface area (Å²) in [4.78, 5) is 6.48. The van der Waals surface area contributed by atoms with Gasteiger partial charge in [-0.2, -0.15) is 11.8 Å². The summed E-state index contributed by atoms with van der Waals surface area (Å²) in [5.74, 6) is 3.26. The maximum Gasteiger partial charge on any atom is 0.128 e. The molecule has 1 atom stereocenters. The molecule has 16 heavy (non-hydrogen) atoms. The van der Waals surface area contributed by atoms with E-state index in [1.807, 2.05) is 24.9 Å². The van der Waals surface area contributed by atoms with Crippen LogP contribution in [-0.4, -0.2) is 34.7 Å². The van der Waals surface area contributed by atoms with Crippen molar-refractivity contribution < 1.29 is 5.11 Å². The topological polar surface area (TPSA) is 36.4 Å². The van der Waals surface area contributed by atoms with Crippen molar-refractivity contribution in [3.63, 3.8) is 0 Å². The molecule has 1 aromatic rings. The normalized spacial score (nSPS) is 20.1. The third-order valence-electron chi connectivity index (χ3n) is 2.91. The van der Waals surface area contributed by atoms with E-state index < -0.39 is 0 Å². The van der Waals surface area contributed by atoms with Crippen molar-refractivity contribution >= 4 is 29.2 Å². The monoisotopic (exact) mass is 258 g/mol. The Morgan fingerprint density at radius 2 is 2.50 bits per heavy atom. The van der Waals surface area contributed by atoms with Gasteiger partial charge in [0.05, 0.1) is 11.6 Å². The highest BCUT2D eigenvalue weighted by Crippen LogP contribution is 2.26. The first kappa shape index (κ1) is 12.0. The maximum absolute atomic E-state index is 9.16. The fourth-order valence-electron chi connectivity index (χ4n) is 1.80. The van der Waals surface area contributed by atoms with Crippen LogP contribution in [0.1, 0.15) is 12.0 Å². The fraction of sp³-hybridized carbons (Fsp3) is 0.545. The molecule has 1 aliphatic rings. The van der Waals surface area contributed by atoms with Gasteiger partial charge >= 0.3 is 0 Å². The first-order valence-electron chi connectivity index (χ1n) is 5.28. The van der Waals surface area contributed by atoms with Crippen molar-refractivity contribution in [2.45, 2.75) is 19.1 Å². The third kappa shape index (κ3) is 2.44. The zero-order chi connectivity index (χ0) is 11.5. The lowest BCUT2D eigenvalue weighted by Crippen LogP contribution is -2.32. The van der Waals surface area contributed by atoms with E-state index in [4.69, 9.17) is 16.7 Å². The van der Waals surface area contributed by atoms with Crippen molar-refractivity contribution in [1.29, 1.82) is 0 Å². The lowest BCUT2D eigenvalue weighted by molar-refractivity contribution is 0.282. The summed E-state index contributed by atoms with van der Waals surface area (Å²) in [5.41, 5.74) is 0.740. The van der Waals surface area contributed by atoms with Crippen LogP contribution in [0.5, 0.6) is 0 Å². The Kier molecular flexibility index (Phi) is 3.95. The van der Waals surface area contributed by atoms with Crippen LogP contribution in [0, 0.1) is 0 Å². The van der Waals surface area contributed by atoms with E-state index >= 15 is 0 Å². The van der Waals surface area contributed by atoms with E-state index in [2.05, 4.69) is 9.88 Å². The second-order valence-electron chi connectivity index (χ2n) is 3.92. The summed E-state index contributed by atoms with van der Waals surface area (Å²) in [6.07, 6.45) is 2.81. The van der Waals surface area contributed by atoms with Crippen LogP contribution in [0.2, 0.25) is 5.02 Å². The molecule has 0 spiro atoms. The first-order chi connectivity index (χ1) is 7.72. The number of halogens is 1. The SMILES string of the molecule is CN(c1cc(CO)c(Cl)cn1)C1CCSC1. The Labute approximate surface area is 105 Å². The summed E-state index contributed by atoms with van der Waals surface area (Å²) in [7, 11) is 2.05.